The van der Waals surface area contributed by atoms with Gasteiger partial charge in [-0.05, 0) is 29.8 Å². The molecule has 3 rings (SSSR count). The van der Waals surface area contributed by atoms with Crippen LogP contribution in [-0.4, -0.2) is 23.6 Å². The molecule has 0 amide bonds. The van der Waals surface area contributed by atoms with Gasteiger partial charge in [-0.2, -0.15) is 8.78 Å². The highest BCUT2D eigenvalue weighted by Crippen LogP contribution is 2.30. The number of ether oxygens (including phenoxy) is 2. The summed E-state index contributed by atoms with van der Waals surface area (Å²) in [7, 11) is 1.34. The van der Waals surface area contributed by atoms with Crippen molar-refractivity contribution in [3.63, 3.8) is 0 Å². The van der Waals surface area contributed by atoms with Crippen LogP contribution in [0.5, 0.6) is 11.5 Å². The maximum absolute atomic E-state index is 12.3. The normalized spacial score (nSPS) is 11.4. The van der Waals surface area contributed by atoms with Gasteiger partial charge in [-0.3, -0.25) is 10.1 Å². The smallest absolute Gasteiger partial charge is 0.387 e. The Morgan fingerprint density at radius 3 is 2.69 bits per heavy atom. The molecule has 0 aliphatic carbocycles. The summed E-state index contributed by atoms with van der Waals surface area (Å²) in [4.78, 5) is 14.4. The fourth-order valence-electron chi connectivity index (χ4n) is 2.27. The summed E-state index contributed by atoms with van der Waals surface area (Å²) >= 11 is 0. The number of halogens is 2. The summed E-state index contributed by atoms with van der Waals surface area (Å²) in [6.45, 7) is -2.95. The molecular weight excluding hydrogens is 350 g/mol. The molecule has 0 unspecified atom stereocenters. The van der Waals surface area contributed by atoms with Crippen LogP contribution in [0.2, 0.25) is 0 Å². The lowest BCUT2D eigenvalue weighted by Gasteiger charge is -2.10. The molecule has 0 aliphatic rings. The van der Waals surface area contributed by atoms with E-state index in [0.717, 1.165) is 0 Å². The van der Waals surface area contributed by atoms with E-state index >= 15 is 0 Å². The lowest BCUT2D eigenvalue weighted by atomic mass is 10.2. The molecule has 7 nitrogen and oxygen atoms in total. The van der Waals surface area contributed by atoms with Crippen LogP contribution < -0.4 is 9.47 Å². The number of nitro benzene ring substituents is 1. The highest BCUT2D eigenvalue weighted by molar-refractivity contribution is 5.78. The van der Waals surface area contributed by atoms with Gasteiger partial charge in [0.15, 0.2) is 17.1 Å². The van der Waals surface area contributed by atoms with Crippen LogP contribution in [0.4, 0.5) is 14.5 Å². The van der Waals surface area contributed by atoms with Crippen molar-refractivity contribution in [1.29, 1.82) is 0 Å². The number of hydrogen-bond donors (Lipinski definition) is 0. The maximum Gasteiger partial charge on any atom is 0.387 e. The summed E-state index contributed by atoms with van der Waals surface area (Å²) in [5.74, 6) is 0.321. The maximum atomic E-state index is 12.3. The Hall–Kier alpha value is -3.49. The molecule has 1 heterocycles. The molecule has 0 saturated carbocycles. The summed E-state index contributed by atoms with van der Waals surface area (Å²) in [5.41, 5.74) is 1.32. The SMILES string of the molecule is COc1cc(/C=C/c2nc3cc([N+](=O)[O-])ccc3o2)ccc1OC(F)F. The lowest BCUT2D eigenvalue weighted by Crippen LogP contribution is -2.03. The minimum absolute atomic E-state index is 0.0752. The van der Waals surface area contributed by atoms with Crippen molar-refractivity contribution in [2.45, 2.75) is 6.61 Å². The molecule has 3 aromatic rings. The second kappa shape index (κ2) is 7.18. The van der Waals surface area contributed by atoms with E-state index in [2.05, 4.69) is 9.72 Å². The van der Waals surface area contributed by atoms with E-state index in [-0.39, 0.29) is 23.1 Å². The van der Waals surface area contributed by atoms with Crippen molar-refractivity contribution < 1.29 is 27.6 Å². The molecule has 0 atom stereocenters. The van der Waals surface area contributed by atoms with Crippen LogP contribution in [0.25, 0.3) is 23.3 Å². The molecule has 0 saturated heterocycles. The lowest BCUT2D eigenvalue weighted by molar-refractivity contribution is -0.384. The summed E-state index contributed by atoms with van der Waals surface area (Å²) in [6, 6.07) is 8.55. The van der Waals surface area contributed by atoms with Gasteiger partial charge in [0.05, 0.1) is 12.0 Å². The molecule has 26 heavy (non-hydrogen) atoms. The molecule has 0 fully saturated rings. The van der Waals surface area contributed by atoms with E-state index < -0.39 is 11.5 Å². The number of benzene rings is 2. The fraction of sp³-hybridized carbons (Fsp3) is 0.118. The number of methoxy groups -OCH3 is 1. The van der Waals surface area contributed by atoms with Gasteiger partial charge in [-0.15, -0.1) is 0 Å². The van der Waals surface area contributed by atoms with Crippen LogP contribution in [0, 0.1) is 10.1 Å². The van der Waals surface area contributed by atoms with Crippen LogP contribution in [0.3, 0.4) is 0 Å². The molecule has 0 aliphatic heterocycles. The van der Waals surface area contributed by atoms with E-state index in [4.69, 9.17) is 9.15 Å². The number of fused-ring (bicyclic) bond motifs is 1. The highest BCUT2D eigenvalue weighted by Gasteiger charge is 2.12. The Bertz CT molecular complexity index is 984. The average molecular weight is 362 g/mol. The van der Waals surface area contributed by atoms with Crippen molar-refractivity contribution in [3.05, 3.63) is 58.0 Å². The molecule has 0 spiro atoms. The Kier molecular flexibility index (Phi) is 4.78. The highest BCUT2D eigenvalue weighted by atomic mass is 19.3. The monoisotopic (exact) mass is 362 g/mol. The van der Waals surface area contributed by atoms with Crippen molar-refractivity contribution in [1.82, 2.24) is 4.98 Å². The number of non-ortho nitro benzene ring substituents is 1. The van der Waals surface area contributed by atoms with Crippen LogP contribution >= 0.6 is 0 Å². The first-order chi connectivity index (χ1) is 12.5. The van der Waals surface area contributed by atoms with Gasteiger partial charge >= 0.3 is 6.61 Å². The third-order valence-corrected chi connectivity index (χ3v) is 3.42. The van der Waals surface area contributed by atoms with Crippen LogP contribution in [0.1, 0.15) is 11.5 Å². The molecule has 0 bridgehead atoms. The molecule has 9 heteroatoms. The summed E-state index contributed by atoms with van der Waals surface area (Å²) < 4.78 is 39.5. The van der Waals surface area contributed by atoms with Gasteiger partial charge in [0.2, 0.25) is 5.89 Å². The van der Waals surface area contributed by atoms with Gasteiger partial charge in [0, 0.05) is 18.2 Å². The van der Waals surface area contributed by atoms with Gasteiger partial charge in [0.25, 0.3) is 5.69 Å². The minimum Gasteiger partial charge on any atom is -0.493 e. The van der Waals surface area contributed by atoms with Gasteiger partial charge in [-0.25, -0.2) is 4.98 Å². The zero-order valence-corrected chi connectivity index (χ0v) is 13.4. The largest absolute Gasteiger partial charge is 0.493 e. The summed E-state index contributed by atoms with van der Waals surface area (Å²) in [5, 5.41) is 10.8. The number of rotatable bonds is 6. The molecule has 2 aromatic carbocycles. The standard InChI is InChI=1S/C17H12F2N2O5/c1-24-15-8-10(2-5-14(15)26-17(18)19)3-7-16-20-12-9-11(21(22)23)4-6-13(12)25-16/h2-9,17H,1H3/b7-3+. The second-order valence-corrected chi connectivity index (χ2v) is 5.08. The van der Waals surface area contributed by atoms with Gasteiger partial charge in [0.1, 0.15) is 5.52 Å². The predicted octanol–water partition coefficient (Wildman–Crippen LogP) is 4.52. The van der Waals surface area contributed by atoms with Gasteiger partial charge in [-0.1, -0.05) is 6.07 Å². The quantitative estimate of drug-likeness (QED) is 0.473. The Morgan fingerprint density at radius 1 is 1.19 bits per heavy atom. The fourth-order valence-corrected chi connectivity index (χ4v) is 2.27. The first-order valence-corrected chi connectivity index (χ1v) is 7.32. The zero-order valence-electron chi connectivity index (χ0n) is 13.4. The van der Waals surface area contributed by atoms with E-state index in [9.17, 15) is 18.9 Å². The zero-order chi connectivity index (χ0) is 18.7. The molecule has 0 radical (unpaired) electrons. The molecule has 0 N–H and O–H groups in total. The van der Waals surface area contributed by atoms with E-state index in [0.29, 0.717) is 16.7 Å². The van der Waals surface area contributed by atoms with Crippen LogP contribution in [-0.2, 0) is 0 Å². The first kappa shape index (κ1) is 17.3. The van der Waals surface area contributed by atoms with Crippen molar-refractivity contribution in [2.24, 2.45) is 0 Å². The van der Waals surface area contributed by atoms with Gasteiger partial charge < -0.3 is 13.9 Å². The van der Waals surface area contributed by atoms with Crippen molar-refractivity contribution in [2.75, 3.05) is 7.11 Å². The summed E-state index contributed by atoms with van der Waals surface area (Å²) in [6.07, 6.45) is 3.18. The average Bonchev–Trinajstić information content (AvgIpc) is 3.02. The number of alkyl halides is 2. The topological polar surface area (TPSA) is 87.6 Å². The van der Waals surface area contributed by atoms with Crippen LogP contribution in [0.15, 0.2) is 40.8 Å². The molecule has 1 aromatic heterocycles. The Labute approximate surface area is 145 Å². The van der Waals surface area contributed by atoms with Crippen molar-refractivity contribution in [3.8, 4) is 11.5 Å². The first-order valence-electron chi connectivity index (χ1n) is 7.32. The van der Waals surface area contributed by atoms with E-state index in [1.165, 1.54) is 37.4 Å². The number of nitrogens with zero attached hydrogens (tertiary/aromatic N) is 2. The number of hydrogen-bond acceptors (Lipinski definition) is 6. The Balaban J connectivity index is 1.85. The minimum atomic E-state index is -2.95. The molecular formula is C17H12F2N2O5. The second-order valence-electron chi connectivity index (χ2n) is 5.08. The Morgan fingerprint density at radius 2 is 2.00 bits per heavy atom. The van der Waals surface area contributed by atoms with Crippen molar-refractivity contribution >= 4 is 28.9 Å². The third-order valence-electron chi connectivity index (χ3n) is 3.42. The third kappa shape index (κ3) is 3.77. The number of nitro groups is 1. The molecule has 134 valence electrons. The number of aromatic nitrogens is 1. The van der Waals surface area contributed by atoms with E-state index in [1.807, 2.05) is 0 Å². The predicted molar refractivity (Wildman–Crippen MR) is 89.2 cm³/mol. The van der Waals surface area contributed by atoms with E-state index in [1.54, 1.807) is 18.2 Å². The number of oxazole rings is 1.